The van der Waals surface area contributed by atoms with E-state index in [9.17, 15) is 9.59 Å². The standard InChI is InChI=1S/C21H25N5O2/c1-11(2)17-10-15(18-13(4)25-26(6)19(18)23-17)21(28)24-16-9-7-8-14(12(16)3)20(27)22-5/h7-11H,1-6H3,(H,22,27)(H,24,28). The number of aryl methyl sites for hydroxylation is 2. The van der Waals surface area contributed by atoms with E-state index in [4.69, 9.17) is 0 Å². The van der Waals surface area contributed by atoms with Gasteiger partial charge in [0.05, 0.1) is 16.6 Å². The topological polar surface area (TPSA) is 88.9 Å². The molecule has 0 spiro atoms. The van der Waals surface area contributed by atoms with E-state index in [0.717, 1.165) is 16.8 Å². The number of fused-ring (bicyclic) bond motifs is 1. The highest BCUT2D eigenvalue weighted by Crippen LogP contribution is 2.26. The molecule has 28 heavy (non-hydrogen) atoms. The predicted molar refractivity (Wildman–Crippen MR) is 110 cm³/mol. The highest BCUT2D eigenvalue weighted by molar-refractivity contribution is 6.13. The predicted octanol–water partition coefficient (Wildman–Crippen LogP) is 3.32. The first kappa shape index (κ1) is 19.5. The van der Waals surface area contributed by atoms with Gasteiger partial charge in [0.25, 0.3) is 11.8 Å². The molecule has 0 bridgehead atoms. The lowest BCUT2D eigenvalue weighted by molar-refractivity contribution is 0.0960. The number of nitrogens with one attached hydrogen (secondary N) is 2. The molecule has 2 amide bonds. The summed E-state index contributed by atoms with van der Waals surface area (Å²) >= 11 is 0. The number of aromatic nitrogens is 3. The van der Waals surface area contributed by atoms with Crippen LogP contribution in [0.25, 0.3) is 11.0 Å². The van der Waals surface area contributed by atoms with Crippen molar-refractivity contribution in [1.29, 1.82) is 0 Å². The monoisotopic (exact) mass is 379 g/mol. The van der Waals surface area contributed by atoms with E-state index in [-0.39, 0.29) is 17.7 Å². The van der Waals surface area contributed by atoms with E-state index >= 15 is 0 Å². The van der Waals surface area contributed by atoms with Gasteiger partial charge < -0.3 is 10.6 Å². The molecule has 2 N–H and O–H groups in total. The first-order valence-electron chi connectivity index (χ1n) is 9.21. The van der Waals surface area contributed by atoms with E-state index in [1.165, 1.54) is 0 Å². The quantitative estimate of drug-likeness (QED) is 0.728. The zero-order valence-electron chi connectivity index (χ0n) is 17.0. The van der Waals surface area contributed by atoms with Crippen LogP contribution in [-0.4, -0.2) is 33.6 Å². The van der Waals surface area contributed by atoms with E-state index in [1.54, 1.807) is 29.9 Å². The first-order valence-corrected chi connectivity index (χ1v) is 9.21. The summed E-state index contributed by atoms with van der Waals surface area (Å²) < 4.78 is 1.70. The van der Waals surface area contributed by atoms with Gasteiger partial charge in [0, 0.05) is 31.0 Å². The van der Waals surface area contributed by atoms with Crippen LogP contribution in [0.5, 0.6) is 0 Å². The first-order chi connectivity index (χ1) is 13.2. The summed E-state index contributed by atoms with van der Waals surface area (Å²) in [4.78, 5) is 29.9. The maximum absolute atomic E-state index is 13.2. The number of amides is 2. The molecule has 0 saturated carbocycles. The maximum Gasteiger partial charge on any atom is 0.256 e. The SMILES string of the molecule is CNC(=O)c1cccc(NC(=O)c2cc(C(C)C)nc3c2c(C)nn3C)c1C. The molecular weight excluding hydrogens is 354 g/mol. The van der Waals surface area contributed by atoms with Gasteiger partial charge in [-0.1, -0.05) is 19.9 Å². The Labute approximate surface area is 164 Å². The molecule has 7 heteroatoms. The van der Waals surface area contributed by atoms with Crippen molar-refractivity contribution in [3.63, 3.8) is 0 Å². The summed E-state index contributed by atoms with van der Waals surface area (Å²) in [5.74, 6) is -0.267. The Bertz CT molecular complexity index is 1080. The summed E-state index contributed by atoms with van der Waals surface area (Å²) in [5, 5.41) is 10.7. The van der Waals surface area contributed by atoms with E-state index < -0.39 is 0 Å². The number of hydrogen-bond acceptors (Lipinski definition) is 4. The average molecular weight is 379 g/mol. The minimum Gasteiger partial charge on any atom is -0.355 e. The second-order valence-corrected chi connectivity index (χ2v) is 7.17. The lowest BCUT2D eigenvalue weighted by Crippen LogP contribution is -2.20. The van der Waals surface area contributed by atoms with Crippen LogP contribution in [0, 0.1) is 13.8 Å². The average Bonchev–Trinajstić information content (AvgIpc) is 2.96. The van der Waals surface area contributed by atoms with Gasteiger partial charge in [-0.2, -0.15) is 5.10 Å². The van der Waals surface area contributed by atoms with Crippen molar-refractivity contribution in [2.24, 2.45) is 7.05 Å². The van der Waals surface area contributed by atoms with Crippen molar-refractivity contribution in [1.82, 2.24) is 20.1 Å². The van der Waals surface area contributed by atoms with Crippen molar-refractivity contribution >= 4 is 28.5 Å². The van der Waals surface area contributed by atoms with Crippen molar-refractivity contribution in [2.45, 2.75) is 33.6 Å². The fourth-order valence-electron chi connectivity index (χ4n) is 3.28. The number of anilines is 1. The normalized spacial score (nSPS) is 11.1. The summed E-state index contributed by atoms with van der Waals surface area (Å²) in [6, 6.07) is 7.10. The number of nitrogens with zero attached hydrogens (tertiary/aromatic N) is 3. The number of rotatable bonds is 4. The minimum atomic E-state index is -0.248. The molecule has 3 aromatic rings. The third-order valence-electron chi connectivity index (χ3n) is 4.88. The molecule has 0 unspecified atom stereocenters. The maximum atomic E-state index is 13.2. The van der Waals surface area contributed by atoms with Gasteiger partial charge in [0.2, 0.25) is 0 Å². The van der Waals surface area contributed by atoms with Gasteiger partial charge in [0.15, 0.2) is 5.65 Å². The Morgan fingerprint density at radius 2 is 1.82 bits per heavy atom. The molecule has 0 aliphatic rings. The van der Waals surface area contributed by atoms with Crippen LogP contribution in [-0.2, 0) is 7.05 Å². The van der Waals surface area contributed by atoms with Crippen molar-refractivity contribution in [3.8, 4) is 0 Å². The highest BCUT2D eigenvalue weighted by atomic mass is 16.2. The van der Waals surface area contributed by atoms with Gasteiger partial charge in [-0.3, -0.25) is 14.3 Å². The molecule has 1 aromatic carbocycles. The Morgan fingerprint density at radius 3 is 2.46 bits per heavy atom. The summed E-state index contributed by atoms with van der Waals surface area (Å²) in [7, 11) is 3.41. The van der Waals surface area contributed by atoms with Crippen LogP contribution in [0.3, 0.4) is 0 Å². The summed E-state index contributed by atoms with van der Waals surface area (Å²) in [5.41, 5.74) is 4.64. The van der Waals surface area contributed by atoms with Crippen LogP contribution in [0.1, 0.15) is 57.4 Å². The highest BCUT2D eigenvalue weighted by Gasteiger charge is 2.21. The van der Waals surface area contributed by atoms with Crippen LogP contribution in [0.4, 0.5) is 5.69 Å². The zero-order valence-corrected chi connectivity index (χ0v) is 17.0. The Hall–Kier alpha value is -3.22. The molecule has 0 fully saturated rings. The molecule has 0 aliphatic heterocycles. The largest absolute Gasteiger partial charge is 0.355 e. The number of hydrogen-bond donors (Lipinski definition) is 2. The van der Waals surface area contributed by atoms with Gasteiger partial charge in [-0.25, -0.2) is 4.98 Å². The second-order valence-electron chi connectivity index (χ2n) is 7.17. The fourth-order valence-corrected chi connectivity index (χ4v) is 3.28. The van der Waals surface area contributed by atoms with Crippen LogP contribution in [0.2, 0.25) is 0 Å². The van der Waals surface area contributed by atoms with Gasteiger partial charge in [0.1, 0.15) is 0 Å². The molecule has 2 heterocycles. The second kappa shape index (κ2) is 7.42. The van der Waals surface area contributed by atoms with Crippen LogP contribution in [0.15, 0.2) is 24.3 Å². The molecule has 0 saturated heterocycles. The molecular formula is C21H25N5O2. The molecule has 0 aliphatic carbocycles. The minimum absolute atomic E-state index is 0.171. The van der Waals surface area contributed by atoms with Gasteiger partial charge in [-0.05, 0) is 43.5 Å². The molecule has 3 rings (SSSR count). The molecule has 7 nitrogen and oxygen atoms in total. The van der Waals surface area contributed by atoms with Crippen LogP contribution < -0.4 is 10.6 Å². The fraction of sp³-hybridized carbons (Fsp3) is 0.333. The number of pyridine rings is 1. The number of carbonyl (C=O) groups is 2. The molecule has 146 valence electrons. The smallest absolute Gasteiger partial charge is 0.256 e. The third kappa shape index (κ3) is 3.35. The molecule has 0 radical (unpaired) electrons. The van der Waals surface area contributed by atoms with Crippen molar-refractivity contribution in [2.75, 3.05) is 12.4 Å². The van der Waals surface area contributed by atoms with E-state index in [2.05, 4.69) is 20.7 Å². The number of carbonyl (C=O) groups excluding carboxylic acids is 2. The Morgan fingerprint density at radius 1 is 1.11 bits per heavy atom. The van der Waals surface area contributed by atoms with E-state index in [1.807, 2.05) is 40.8 Å². The van der Waals surface area contributed by atoms with Gasteiger partial charge >= 0.3 is 0 Å². The molecule has 2 aromatic heterocycles. The number of benzene rings is 1. The summed E-state index contributed by atoms with van der Waals surface area (Å²) in [6.45, 7) is 7.76. The Balaban J connectivity index is 2.09. The van der Waals surface area contributed by atoms with Crippen LogP contribution >= 0.6 is 0 Å². The van der Waals surface area contributed by atoms with Gasteiger partial charge in [-0.15, -0.1) is 0 Å². The third-order valence-corrected chi connectivity index (χ3v) is 4.88. The zero-order chi connectivity index (χ0) is 20.6. The van der Waals surface area contributed by atoms with E-state index in [0.29, 0.717) is 28.0 Å². The van der Waals surface area contributed by atoms with Crippen molar-refractivity contribution < 1.29 is 9.59 Å². The lowest BCUT2D eigenvalue weighted by Gasteiger charge is -2.14. The lowest BCUT2D eigenvalue weighted by atomic mass is 10.0. The molecule has 0 atom stereocenters. The summed E-state index contributed by atoms with van der Waals surface area (Å²) in [6.07, 6.45) is 0. The van der Waals surface area contributed by atoms with Crippen molar-refractivity contribution in [3.05, 3.63) is 52.3 Å². The Kier molecular flexibility index (Phi) is 5.18.